The molecule has 0 N–H and O–H groups in total. The second-order valence-corrected chi connectivity index (χ2v) is 6.17. The normalized spacial score (nSPS) is 13.0. The van der Waals surface area contributed by atoms with Crippen LogP contribution >= 0.6 is 11.6 Å². The molecule has 0 amide bonds. The van der Waals surface area contributed by atoms with Crippen molar-refractivity contribution in [2.24, 2.45) is 0 Å². The molecule has 0 aliphatic heterocycles. The van der Waals surface area contributed by atoms with E-state index in [2.05, 4.69) is 36.6 Å². The van der Waals surface area contributed by atoms with Gasteiger partial charge < -0.3 is 14.2 Å². The van der Waals surface area contributed by atoms with Crippen molar-refractivity contribution in [2.45, 2.75) is 32.2 Å². The third-order valence-electron chi connectivity index (χ3n) is 3.36. The lowest BCUT2D eigenvalue weighted by atomic mass is 10.3. The van der Waals surface area contributed by atoms with Gasteiger partial charge in [0.1, 0.15) is 17.1 Å². The molecule has 5 heteroatoms. The molecule has 2 rings (SSSR count). The number of ether oxygens (including phenoxy) is 1. The van der Waals surface area contributed by atoms with Crippen LogP contribution in [0.3, 0.4) is 0 Å². The molecule has 0 fully saturated rings. The van der Waals surface area contributed by atoms with Crippen LogP contribution in [0.2, 0.25) is 0 Å². The smallest absolute Gasteiger partial charge is 0.147 e. The van der Waals surface area contributed by atoms with Gasteiger partial charge in [-0.3, -0.25) is 0 Å². The Balaban J connectivity index is 2.46. The first-order valence-corrected chi connectivity index (χ1v) is 7.89. The van der Waals surface area contributed by atoms with Crippen LogP contribution < -0.4 is 4.74 Å². The molecule has 1 unspecified atom stereocenters. The van der Waals surface area contributed by atoms with E-state index >= 15 is 0 Å². The average molecular weight is 310 g/mol. The van der Waals surface area contributed by atoms with Gasteiger partial charge in [-0.05, 0) is 39.6 Å². The number of para-hydroxylation sites is 1. The molecule has 0 spiro atoms. The fourth-order valence-electron chi connectivity index (χ4n) is 2.31. The largest absolute Gasteiger partial charge is 0.491 e. The number of aromatic nitrogens is 2. The van der Waals surface area contributed by atoms with Crippen LogP contribution in [0.5, 0.6) is 5.75 Å². The van der Waals surface area contributed by atoms with Crippen molar-refractivity contribution >= 4 is 22.6 Å². The SMILES string of the molecule is CCCOc1cccc2c1nc(C(C)Cl)n2CCN(C)C. The Bertz CT molecular complexity index is 592. The van der Waals surface area contributed by atoms with Gasteiger partial charge in [0.15, 0.2) is 0 Å². The molecular weight excluding hydrogens is 286 g/mol. The summed E-state index contributed by atoms with van der Waals surface area (Å²) in [5, 5.41) is -0.126. The van der Waals surface area contributed by atoms with E-state index in [1.54, 1.807) is 0 Å². The average Bonchev–Trinajstić information content (AvgIpc) is 2.82. The summed E-state index contributed by atoms with van der Waals surface area (Å²) >= 11 is 6.31. The van der Waals surface area contributed by atoms with E-state index in [0.717, 1.165) is 42.1 Å². The van der Waals surface area contributed by atoms with E-state index in [0.29, 0.717) is 6.61 Å². The summed E-state index contributed by atoms with van der Waals surface area (Å²) in [4.78, 5) is 6.89. The maximum Gasteiger partial charge on any atom is 0.147 e. The van der Waals surface area contributed by atoms with E-state index < -0.39 is 0 Å². The topological polar surface area (TPSA) is 30.3 Å². The number of hydrogen-bond acceptors (Lipinski definition) is 3. The highest BCUT2D eigenvalue weighted by molar-refractivity contribution is 6.20. The Kier molecular flexibility index (Phi) is 5.48. The van der Waals surface area contributed by atoms with Gasteiger partial charge in [0, 0.05) is 13.1 Å². The number of imidazole rings is 1. The molecule has 0 saturated carbocycles. The number of hydrogen-bond donors (Lipinski definition) is 0. The molecule has 0 radical (unpaired) electrons. The fraction of sp³-hybridized carbons (Fsp3) is 0.562. The zero-order chi connectivity index (χ0) is 15.4. The highest BCUT2D eigenvalue weighted by Gasteiger charge is 2.17. The zero-order valence-corrected chi connectivity index (χ0v) is 14.0. The Morgan fingerprint density at radius 1 is 1.38 bits per heavy atom. The second-order valence-electron chi connectivity index (χ2n) is 5.51. The molecule has 2 aromatic rings. The van der Waals surface area contributed by atoms with Gasteiger partial charge in [0.05, 0.1) is 17.5 Å². The molecule has 0 aliphatic rings. The first kappa shape index (κ1) is 16.1. The summed E-state index contributed by atoms with van der Waals surface area (Å²) in [5.74, 6) is 1.75. The number of halogens is 1. The fourth-order valence-corrected chi connectivity index (χ4v) is 2.47. The number of rotatable bonds is 7. The summed E-state index contributed by atoms with van der Waals surface area (Å²) in [6.07, 6.45) is 0.983. The molecule has 0 bridgehead atoms. The van der Waals surface area contributed by atoms with Crippen molar-refractivity contribution < 1.29 is 4.74 Å². The lowest BCUT2D eigenvalue weighted by Gasteiger charge is -2.14. The van der Waals surface area contributed by atoms with E-state index in [1.165, 1.54) is 0 Å². The predicted octanol–water partition coefficient (Wildman–Crippen LogP) is 3.69. The quantitative estimate of drug-likeness (QED) is 0.731. The zero-order valence-electron chi connectivity index (χ0n) is 13.3. The second kappa shape index (κ2) is 7.14. The lowest BCUT2D eigenvalue weighted by molar-refractivity contribution is 0.320. The van der Waals surface area contributed by atoms with E-state index in [4.69, 9.17) is 21.3 Å². The first-order chi connectivity index (χ1) is 10.0. The Labute approximate surface area is 131 Å². The highest BCUT2D eigenvalue weighted by atomic mass is 35.5. The van der Waals surface area contributed by atoms with Gasteiger partial charge in [-0.1, -0.05) is 13.0 Å². The van der Waals surface area contributed by atoms with Gasteiger partial charge >= 0.3 is 0 Å². The summed E-state index contributed by atoms with van der Waals surface area (Å²) < 4.78 is 8.01. The van der Waals surface area contributed by atoms with Crippen LogP contribution in [0, 0.1) is 0 Å². The van der Waals surface area contributed by atoms with Crippen LogP contribution in [0.1, 0.15) is 31.5 Å². The first-order valence-electron chi connectivity index (χ1n) is 7.45. The predicted molar refractivity (Wildman–Crippen MR) is 88.3 cm³/mol. The standard InChI is InChI=1S/C16H24ClN3O/c1-5-11-21-14-8-6-7-13-15(14)18-16(12(2)17)20(13)10-9-19(3)4/h6-8,12H,5,9-11H2,1-4H3. The van der Waals surface area contributed by atoms with Crippen molar-refractivity contribution in [2.75, 3.05) is 27.2 Å². The van der Waals surface area contributed by atoms with Gasteiger partial charge in [-0.25, -0.2) is 4.98 Å². The summed E-state index contributed by atoms with van der Waals surface area (Å²) in [5.41, 5.74) is 2.00. The van der Waals surface area contributed by atoms with E-state index in [9.17, 15) is 0 Å². The Hall–Kier alpha value is -1.26. The Morgan fingerprint density at radius 2 is 2.14 bits per heavy atom. The van der Waals surface area contributed by atoms with E-state index in [-0.39, 0.29) is 5.38 Å². The summed E-state index contributed by atoms with van der Waals surface area (Å²) in [6, 6.07) is 6.08. The molecule has 1 aromatic carbocycles. The molecule has 21 heavy (non-hydrogen) atoms. The molecule has 4 nitrogen and oxygen atoms in total. The maximum absolute atomic E-state index is 6.31. The minimum absolute atomic E-state index is 0.126. The van der Waals surface area contributed by atoms with Gasteiger partial charge in [-0.2, -0.15) is 0 Å². The number of benzene rings is 1. The molecule has 116 valence electrons. The molecule has 1 heterocycles. The number of fused-ring (bicyclic) bond motifs is 1. The molecule has 1 aromatic heterocycles. The van der Waals surface area contributed by atoms with Crippen LogP contribution in [0.15, 0.2) is 18.2 Å². The Morgan fingerprint density at radius 3 is 2.76 bits per heavy atom. The van der Waals surface area contributed by atoms with Gasteiger partial charge in [0.25, 0.3) is 0 Å². The highest BCUT2D eigenvalue weighted by Crippen LogP contribution is 2.30. The number of alkyl halides is 1. The molecule has 1 atom stereocenters. The minimum Gasteiger partial charge on any atom is -0.491 e. The van der Waals surface area contributed by atoms with E-state index in [1.807, 2.05) is 19.1 Å². The summed E-state index contributed by atoms with van der Waals surface area (Å²) in [7, 11) is 4.14. The summed E-state index contributed by atoms with van der Waals surface area (Å²) in [6.45, 7) is 6.58. The van der Waals surface area contributed by atoms with Crippen molar-refractivity contribution in [1.82, 2.24) is 14.5 Å². The number of likely N-dealkylation sites (N-methyl/N-ethyl adjacent to an activating group) is 1. The third kappa shape index (κ3) is 3.69. The van der Waals surface area contributed by atoms with Crippen LogP contribution in [0.4, 0.5) is 0 Å². The maximum atomic E-state index is 6.31. The van der Waals surface area contributed by atoms with Crippen molar-refractivity contribution in [3.05, 3.63) is 24.0 Å². The minimum atomic E-state index is -0.126. The third-order valence-corrected chi connectivity index (χ3v) is 3.55. The molecule has 0 aliphatic carbocycles. The molecule has 0 saturated heterocycles. The van der Waals surface area contributed by atoms with Crippen LogP contribution in [0.25, 0.3) is 11.0 Å². The van der Waals surface area contributed by atoms with Crippen LogP contribution in [-0.2, 0) is 6.54 Å². The van der Waals surface area contributed by atoms with Gasteiger partial charge in [-0.15, -0.1) is 11.6 Å². The molecular formula is C16H24ClN3O. The lowest BCUT2D eigenvalue weighted by Crippen LogP contribution is -2.19. The van der Waals surface area contributed by atoms with Gasteiger partial charge in [0.2, 0.25) is 0 Å². The van der Waals surface area contributed by atoms with Crippen molar-refractivity contribution in [1.29, 1.82) is 0 Å². The van der Waals surface area contributed by atoms with Crippen LogP contribution in [-0.4, -0.2) is 41.7 Å². The van der Waals surface area contributed by atoms with Crippen molar-refractivity contribution in [3.8, 4) is 5.75 Å². The monoisotopic (exact) mass is 309 g/mol. The van der Waals surface area contributed by atoms with Crippen molar-refractivity contribution in [3.63, 3.8) is 0 Å². The number of nitrogens with zero attached hydrogens (tertiary/aromatic N) is 3.